The molecule has 22 heavy (non-hydrogen) atoms. The predicted octanol–water partition coefficient (Wildman–Crippen LogP) is 3.95. The van der Waals surface area contributed by atoms with E-state index in [9.17, 15) is 14.0 Å². The number of hydrogen-bond acceptors (Lipinski definition) is 2. The predicted molar refractivity (Wildman–Crippen MR) is 92.6 cm³/mol. The summed E-state index contributed by atoms with van der Waals surface area (Å²) in [6.45, 7) is 3.28. The van der Waals surface area contributed by atoms with Crippen LogP contribution < -0.4 is 10.6 Å². The molecule has 0 aliphatic heterocycles. The lowest BCUT2D eigenvalue weighted by molar-refractivity contribution is -0.114. The number of anilines is 2. The van der Waals surface area contributed by atoms with Crippen LogP contribution in [-0.2, 0) is 4.79 Å². The van der Waals surface area contributed by atoms with Gasteiger partial charge in [0.05, 0.1) is 5.56 Å². The normalized spacial score (nSPS) is 10.2. The van der Waals surface area contributed by atoms with Crippen LogP contribution in [0.4, 0.5) is 15.8 Å². The van der Waals surface area contributed by atoms with E-state index in [1.807, 2.05) is 29.5 Å². The summed E-state index contributed by atoms with van der Waals surface area (Å²) in [4.78, 5) is 23.4. The van der Waals surface area contributed by atoms with Crippen LogP contribution in [0.2, 0.25) is 0 Å². The molecule has 2 aromatic carbocycles. The summed E-state index contributed by atoms with van der Waals surface area (Å²) >= 11 is 1.91. The molecule has 2 rings (SSSR count). The maximum atomic E-state index is 13.1. The van der Waals surface area contributed by atoms with Crippen LogP contribution in [0.5, 0.6) is 0 Å². The number of hydrogen-bond donors (Lipinski definition) is 2. The van der Waals surface area contributed by atoms with Crippen molar-refractivity contribution in [2.45, 2.75) is 13.8 Å². The first-order valence-corrected chi connectivity index (χ1v) is 7.59. The lowest BCUT2D eigenvalue weighted by Crippen LogP contribution is -2.14. The van der Waals surface area contributed by atoms with Gasteiger partial charge in [-0.1, -0.05) is 6.07 Å². The molecule has 0 spiro atoms. The first kappa shape index (κ1) is 16.4. The lowest BCUT2D eigenvalue weighted by Gasteiger charge is -2.11. The van der Waals surface area contributed by atoms with Crippen LogP contribution in [0.15, 0.2) is 36.4 Å². The number of amides is 2. The Morgan fingerprint density at radius 1 is 1.09 bits per heavy atom. The number of halogens is 2. The van der Waals surface area contributed by atoms with Crippen LogP contribution in [0, 0.1) is 16.3 Å². The smallest absolute Gasteiger partial charge is 0.256 e. The molecule has 2 amide bonds. The van der Waals surface area contributed by atoms with Crippen molar-refractivity contribution < 1.29 is 14.0 Å². The molecule has 0 unspecified atom stereocenters. The molecule has 0 saturated heterocycles. The molecule has 114 valence electrons. The van der Waals surface area contributed by atoms with Crippen molar-refractivity contribution in [1.82, 2.24) is 0 Å². The molecule has 0 heterocycles. The minimum atomic E-state index is -0.385. The SMILES string of the molecule is CC(=O)Nc1cc(NC(=O)c2ccc(F)cc2I)ccc1C. The second-order valence-electron chi connectivity index (χ2n) is 4.79. The van der Waals surface area contributed by atoms with Crippen molar-refractivity contribution in [1.29, 1.82) is 0 Å². The maximum Gasteiger partial charge on any atom is 0.256 e. The van der Waals surface area contributed by atoms with E-state index in [-0.39, 0.29) is 17.6 Å². The number of carbonyl (C=O) groups excluding carboxylic acids is 2. The number of benzene rings is 2. The van der Waals surface area contributed by atoms with Crippen LogP contribution in [-0.4, -0.2) is 11.8 Å². The minimum absolute atomic E-state index is 0.181. The first-order chi connectivity index (χ1) is 10.4. The highest BCUT2D eigenvalue weighted by Crippen LogP contribution is 2.22. The van der Waals surface area contributed by atoms with Crippen LogP contribution in [0.1, 0.15) is 22.8 Å². The van der Waals surface area contributed by atoms with E-state index >= 15 is 0 Å². The summed E-state index contributed by atoms with van der Waals surface area (Å²) < 4.78 is 13.6. The van der Waals surface area contributed by atoms with Crippen molar-refractivity contribution in [3.63, 3.8) is 0 Å². The summed E-state index contributed by atoms with van der Waals surface area (Å²) in [6.07, 6.45) is 0. The summed E-state index contributed by atoms with van der Waals surface area (Å²) in [5, 5.41) is 5.45. The number of carbonyl (C=O) groups is 2. The maximum absolute atomic E-state index is 13.1. The first-order valence-electron chi connectivity index (χ1n) is 6.51. The fourth-order valence-electron chi connectivity index (χ4n) is 1.90. The van der Waals surface area contributed by atoms with Gasteiger partial charge in [0.1, 0.15) is 5.82 Å². The number of nitrogens with one attached hydrogen (secondary N) is 2. The number of rotatable bonds is 3. The zero-order valence-corrected chi connectivity index (χ0v) is 14.2. The van der Waals surface area contributed by atoms with E-state index < -0.39 is 0 Å². The molecular formula is C16H14FIN2O2. The van der Waals surface area contributed by atoms with Gasteiger partial charge in [-0.25, -0.2) is 4.39 Å². The van der Waals surface area contributed by atoms with Crippen molar-refractivity contribution in [3.8, 4) is 0 Å². The quantitative estimate of drug-likeness (QED) is 0.751. The molecule has 0 fully saturated rings. The van der Waals surface area contributed by atoms with Gasteiger partial charge >= 0.3 is 0 Å². The van der Waals surface area contributed by atoms with Gasteiger partial charge in [-0.2, -0.15) is 0 Å². The fraction of sp³-hybridized carbons (Fsp3) is 0.125. The second-order valence-corrected chi connectivity index (χ2v) is 5.95. The highest BCUT2D eigenvalue weighted by atomic mass is 127. The van der Waals surface area contributed by atoms with Crippen molar-refractivity contribution >= 4 is 45.8 Å². The minimum Gasteiger partial charge on any atom is -0.326 e. The van der Waals surface area contributed by atoms with Gasteiger partial charge in [-0.15, -0.1) is 0 Å². The highest BCUT2D eigenvalue weighted by molar-refractivity contribution is 14.1. The largest absolute Gasteiger partial charge is 0.326 e. The number of aryl methyl sites for hydroxylation is 1. The van der Waals surface area contributed by atoms with E-state index in [4.69, 9.17) is 0 Å². The Labute approximate surface area is 141 Å². The van der Waals surface area contributed by atoms with Crippen molar-refractivity contribution in [2.75, 3.05) is 10.6 Å². The monoisotopic (exact) mass is 412 g/mol. The molecule has 0 aliphatic carbocycles. The van der Waals surface area contributed by atoms with Crippen molar-refractivity contribution in [3.05, 3.63) is 56.9 Å². The molecule has 6 heteroatoms. The topological polar surface area (TPSA) is 58.2 Å². The Morgan fingerprint density at radius 3 is 2.45 bits per heavy atom. The van der Waals surface area contributed by atoms with E-state index in [0.29, 0.717) is 20.5 Å². The van der Waals surface area contributed by atoms with E-state index in [2.05, 4.69) is 10.6 Å². The second kappa shape index (κ2) is 6.87. The van der Waals surface area contributed by atoms with Crippen LogP contribution >= 0.6 is 22.6 Å². The Balaban J connectivity index is 2.23. The zero-order chi connectivity index (χ0) is 16.3. The van der Waals surface area contributed by atoms with E-state index in [1.54, 1.807) is 18.2 Å². The van der Waals surface area contributed by atoms with Crippen molar-refractivity contribution in [2.24, 2.45) is 0 Å². The Bertz CT molecular complexity index is 747. The van der Waals surface area contributed by atoms with Gasteiger partial charge in [0.2, 0.25) is 5.91 Å². The van der Waals surface area contributed by atoms with Crippen LogP contribution in [0.25, 0.3) is 0 Å². The van der Waals surface area contributed by atoms with Gasteiger partial charge in [0.15, 0.2) is 0 Å². The standard InChI is InChI=1S/C16H14FIN2O2/c1-9-3-5-12(8-15(9)19-10(2)21)20-16(22)13-6-4-11(17)7-14(13)18/h3-8H,1-2H3,(H,19,21)(H,20,22). The van der Waals surface area contributed by atoms with Gasteiger partial charge in [-0.3, -0.25) is 9.59 Å². The summed E-state index contributed by atoms with van der Waals surface area (Å²) in [6, 6.07) is 9.22. The lowest BCUT2D eigenvalue weighted by atomic mass is 10.1. The molecule has 0 saturated carbocycles. The van der Waals surface area contributed by atoms with E-state index in [0.717, 1.165) is 5.56 Å². The summed E-state index contributed by atoms with van der Waals surface area (Å²) in [5.74, 6) is -0.897. The fourth-order valence-corrected chi connectivity index (χ4v) is 2.62. The third-order valence-corrected chi connectivity index (χ3v) is 3.87. The average molecular weight is 412 g/mol. The zero-order valence-electron chi connectivity index (χ0n) is 12.0. The molecule has 4 nitrogen and oxygen atoms in total. The molecule has 0 radical (unpaired) electrons. The molecule has 0 bridgehead atoms. The van der Waals surface area contributed by atoms with Gasteiger partial charge in [0.25, 0.3) is 5.91 Å². The third kappa shape index (κ3) is 4.03. The Hall–Kier alpha value is -1.96. The molecule has 2 aromatic rings. The van der Waals surface area contributed by atoms with Crippen LogP contribution in [0.3, 0.4) is 0 Å². The highest BCUT2D eigenvalue weighted by Gasteiger charge is 2.12. The van der Waals surface area contributed by atoms with Gasteiger partial charge in [-0.05, 0) is 65.4 Å². The molecule has 0 aliphatic rings. The van der Waals surface area contributed by atoms with Gasteiger partial charge < -0.3 is 10.6 Å². The van der Waals surface area contributed by atoms with E-state index in [1.165, 1.54) is 25.1 Å². The molecule has 2 N–H and O–H groups in total. The van der Waals surface area contributed by atoms with Gasteiger partial charge in [0, 0.05) is 21.9 Å². The Morgan fingerprint density at radius 2 is 1.82 bits per heavy atom. The third-order valence-electron chi connectivity index (χ3n) is 2.98. The molecule has 0 aromatic heterocycles. The average Bonchev–Trinajstić information content (AvgIpc) is 2.41. The Kier molecular flexibility index (Phi) is 5.12. The molecular weight excluding hydrogens is 398 g/mol. The molecule has 0 atom stereocenters. The summed E-state index contributed by atoms with van der Waals surface area (Å²) in [5.41, 5.74) is 2.48. The summed E-state index contributed by atoms with van der Waals surface area (Å²) in [7, 11) is 0.